The molecule has 1 aromatic carbocycles. The summed E-state index contributed by atoms with van der Waals surface area (Å²) in [7, 11) is 1.65. The standard InChI is InChI=1S/C20H23N3O2S/c1-4-10-23-11-6-5-7-17(23)19(24)22-20-21-16(13-26-20)15-12-14(2)8-9-18(15)25-3/h1,8-9,12-13,17H,5-7,10-11H2,2-3H3,(H,21,22,24). The van der Waals surface area contributed by atoms with Crippen LogP contribution in [0.5, 0.6) is 5.75 Å². The molecule has 0 spiro atoms. The molecule has 1 aliphatic heterocycles. The summed E-state index contributed by atoms with van der Waals surface area (Å²) in [6.07, 6.45) is 8.39. The lowest BCUT2D eigenvalue weighted by atomic mass is 10.0. The molecule has 0 saturated carbocycles. The average molecular weight is 369 g/mol. The lowest BCUT2D eigenvalue weighted by Crippen LogP contribution is -2.47. The lowest BCUT2D eigenvalue weighted by Gasteiger charge is -2.32. The number of thiazole rings is 1. The van der Waals surface area contributed by atoms with Gasteiger partial charge in [0.15, 0.2) is 5.13 Å². The first-order valence-electron chi connectivity index (χ1n) is 8.71. The molecule has 3 rings (SSSR count). The lowest BCUT2D eigenvalue weighted by molar-refractivity contribution is -0.122. The molecule has 1 amide bonds. The second-order valence-corrected chi connectivity index (χ2v) is 7.28. The predicted molar refractivity (Wildman–Crippen MR) is 106 cm³/mol. The topological polar surface area (TPSA) is 54.5 Å². The number of methoxy groups -OCH3 is 1. The van der Waals surface area contributed by atoms with Crippen molar-refractivity contribution in [1.29, 1.82) is 0 Å². The zero-order chi connectivity index (χ0) is 18.5. The molecule has 2 aromatic rings. The first-order chi connectivity index (χ1) is 12.6. The van der Waals surface area contributed by atoms with Gasteiger partial charge in [-0.3, -0.25) is 9.69 Å². The van der Waals surface area contributed by atoms with Crippen molar-refractivity contribution in [3.05, 3.63) is 29.1 Å². The molecule has 26 heavy (non-hydrogen) atoms. The Morgan fingerprint density at radius 2 is 2.35 bits per heavy atom. The summed E-state index contributed by atoms with van der Waals surface area (Å²) in [6, 6.07) is 5.79. The van der Waals surface area contributed by atoms with Crippen molar-refractivity contribution >= 4 is 22.4 Å². The van der Waals surface area contributed by atoms with Gasteiger partial charge in [-0.05, 0) is 38.4 Å². The van der Waals surface area contributed by atoms with E-state index in [1.54, 1.807) is 7.11 Å². The second kappa shape index (κ2) is 8.35. The van der Waals surface area contributed by atoms with Crippen LogP contribution in [-0.2, 0) is 4.79 Å². The Labute approximate surface area is 158 Å². The number of carbonyl (C=O) groups is 1. The van der Waals surface area contributed by atoms with Crippen LogP contribution in [0.3, 0.4) is 0 Å². The molecule has 1 unspecified atom stereocenters. The molecule has 0 bridgehead atoms. The Balaban J connectivity index is 1.75. The zero-order valence-corrected chi connectivity index (χ0v) is 15.9. The maximum atomic E-state index is 12.7. The molecule has 0 radical (unpaired) electrons. The minimum absolute atomic E-state index is 0.0305. The summed E-state index contributed by atoms with van der Waals surface area (Å²) in [5, 5.41) is 5.49. The van der Waals surface area contributed by atoms with Crippen molar-refractivity contribution < 1.29 is 9.53 Å². The number of hydrogen-bond acceptors (Lipinski definition) is 5. The fourth-order valence-electron chi connectivity index (χ4n) is 3.26. The van der Waals surface area contributed by atoms with Gasteiger partial charge in [-0.1, -0.05) is 24.0 Å². The monoisotopic (exact) mass is 369 g/mol. The van der Waals surface area contributed by atoms with E-state index in [2.05, 4.69) is 21.1 Å². The SMILES string of the molecule is C#CCN1CCCCC1C(=O)Nc1nc(-c2cc(C)ccc2OC)cs1. The van der Waals surface area contributed by atoms with E-state index in [-0.39, 0.29) is 11.9 Å². The number of likely N-dealkylation sites (tertiary alicyclic amines) is 1. The third kappa shape index (κ3) is 4.06. The summed E-state index contributed by atoms with van der Waals surface area (Å²) in [5.74, 6) is 3.39. The Morgan fingerprint density at radius 3 is 3.12 bits per heavy atom. The zero-order valence-electron chi connectivity index (χ0n) is 15.1. The van der Waals surface area contributed by atoms with Crippen LogP contribution < -0.4 is 10.1 Å². The van der Waals surface area contributed by atoms with Gasteiger partial charge in [0.2, 0.25) is 5.91 Å². The summed E-state index contributed by atoms with van der Waals surface area (Å²) < 4.78 is 5.43. The molecule has 0 aliphatic carbocycles. The molecule has 1 saturated heterocycles. The number of nitrogens with one attached hydrogen (secondary N) is 1. The summed E-state index contributed by atoms with van der Waals surface area (Å²) in [5.41, 5.74) is 2.86. The van der Waals surface area contributed by atoms with Crippen LogP contribution in [0.4, 0.5) is 5.13 Å². The first kappa shape index (κ1) is 18.4. The minimum Gasteiger partial charge on any atom is -0.496 e. The van der Waals surface area contributed by atoms with Crippen molar-refractivity contribution in [2.24, 2.45) is 0 Å². The first-order valence-corrected chi connectivity index (χ1v) is 9.59. The third-order valence-corrected chi connectivity index (χ3v) is 5.33. The van der Waals surface area contributed by atoms with Crippen molar-refractivity contribution in [3.63, 3.8) is 0 Å². The van der Waals surface area contributed by atoms with E-state index < -0.39 is 0 Å². The van der Waals surface area contributed by atoms with E-state index in [0.717, 1.165) is 48.4 Å². The molecule has 1 aromatic heterocycles. The number of rotatable bonds is 5. The molecule has 1 aliphatic rings. The molecule has 5 nitrogen and oxygen atoms in total. The maximum absolute atomic E-state index is 12.7. The van der Waals surface area contributed by atoms with E-state index >= 15 is 0 Å². The van der Waals surface area contributed by atoms with Gasteiger partial charge in [-0.2, -0.15) is 0 Å². The number of nitrogens with zero attached hydrogens (tertiary/aromatic N) is 2. The quantitative estimate of drug-likeness (QED) is 0.819. The largest absolute Gasteiger partial charge is 0.496 e. The van der Waals surface area contributed by atoms with Gasteiger partial charge in [0.25, 0.3) is 0 Å². The smallest absolute Gasteiger partial charge is 0.243 e. The summed E-state index contributed by atoms with van der Waals surface area (Å²) in [6.45, 7) is 3.40. The number of piperidine rings is 1. The van der Waals surface area contributed by atoms with E-state index in [0.29, 0.717) is 11.7 Å². The highest BCUT2D eigenvalue weighted by Gasteiger charge is 2.28. The number of amides is 1. The number of benzene rings is 1. The van der Waals surface area contributed by atoms with Crippen LogP contribution >= 0.6 is 11.3 Å². The van der Waals surface area contributed by atoms with Crippen LogP contribution in [0.15, 0.2) is 23.6 Å². The number of hydrogen-bond donors (Lipinski definition) is 1. The molecular formula is C20H23N3O2S. The number of aromatic nitrogens is 1. The highest BCUT2D eigenvalue weighted by atomic mass is 32.1. The van der Waals surface area contributed by atoms with Crippen LogP contribution in [0.1, 0.15) is 24.8 Å². The second-order valence-electron chi connectivity index (χ2n) is 6.42. The van der Waals surface area contributed by atoms with Crippen LogP contribution in [-0.4, -0.2) is 42.0 Å². The Morgan fingerprint density at radius 1 is 1.50 bits per heavy atom. The number of ether oxygens (including phenoxy) is 1. The molecule has 136 valence electrons. The molecule has 2 heterocycles. The van der Waals surface area contributed by atoms with Crippen LogP contribution in [0.25, 0.3) is 11.3 Å². The van der Waals surface area contributed by atoms with E-state index in [1.165, 1.54) is 11.3 Å². The highest BCUT2D eigenvalue weighted by Crippen LogP contribution is 2.33. The average Bonchev–Trinajstić information content (AvgIpc) is 3.10. The van der Waals surface area contributed by atoms with Crippen molar-refractivity contribution in [2.75, 3.05) is 25.5 Å². The maximum Gasteiger partial charge on any atom is 0.243 e. The predicted octanol–water partition coefficient (Wildman–Crippen LogP) is 3.55. The Bertz CT molecular complexity index is 825. The van der Waals surface area contributed by atoms with Crippen molar-refractivity contribution in [3.8, 4) is 29.4 Å². The third-order valence-electron chi connectivity index (χ3n) is 4.58. The Kier molecular flexibility index (Phi) is 5.92. The number of aryl methyl sites for hydroxylation is 1. The van der Waals surface area contributed by atoms with Crippen LogP contribution in [0.2, 0.25) is 0 Å². The number of terminal acetylenes is 1. The number of carbonyl (C=O) groups excluding carboxylic acids is 1. The number of anilines is 1. The van der Waals surface area contributed by atoms with E-state index in [4.69, 9.17) is 11.2 Å². The minimum atomic E-state index is -0.180. The van der Waals surface area contributed by atoms with Gasteiger partial charge >= 0.3 is 0 Å². The molecule has 1 fully saturated rings. The van der Waals surface area contributed by atoms with E-state index in [9.17, 15) is 4.79 Å². The molecule has 1 atom stereocenters. The molecule has 1 N–H and O–H groups in total. The van der Waals surface area contributed by atoms with Gasteiger partial charge in [0.1, 0.15) is 5.75 Å². The van der Waals surface area contributed by atoms with Gasteiger partial charge in [0.05, 0.1) is 25.4 Å². The van der Waals surface area contributed by atoms with Gasteiger partial charge in [0, 0.05) is 10.9 Å². The van der Waals surface area contributed by atoms with E-state index in [1.807, 2.05) is 30.5 Å². The normalized spacial score (nSPS) is 17.5. The van der Waals surface area contributed by atoms with Gasteiger partial charge < -0.3 is 10.1 Å². The summed E-state index contributed by atoms with van der Waals surface area (Å²) >= 11 is 1.42. The highest BCUT2D eigenvalue weighted by molar-refractivity contribution is 7.14. The van der Waals surface area contributed by atoms with Gasteiger partial charge in [-0.15, -0.1) is 17.8 Å². The Hall–Kier alpha value is -2.36. The van der Waals surface area contributed by atoms with Crippen molar-refractivity contribution in [2.45, 2.75) is 32.2 Å². The van der Waals surface area contributed by atoms with Crippen molar-refractivity contribution in [1.82, 2.24) is 9.88 Å². The summed E-state index contributed by atoms with van der Waals surface area (Å²) in [4.78, 5) is 19.3. The molecular weight excluding hydrogens is 346 g/mol. The van der Waals surface area contributed by atoms with Gasteiger partial charge in [-0.25, -0.2) is 4.98 Å². The molecule has 6 heteroatoms. The van der Waals surface area contributed by atoms with Crippen LogP contribution in [0, 0.1) is 19.3 Å². The fraction of sp³-hybridized carbons (Fsp3) is 0.400. The fourth-order valence-corrected chi connectivity index (χ4v) is 3.97.